The molecule has 0 unspecified atom stereocenters. The predicted molar refractivity (Wildman–Crippen MR) is 211 cm³/mol. The monoisotopic (exact) mass is 739 g/mol. The number of benzene rings is 3. The zero-order valence-corrected chi connectivity index (χ0v) is 32.1. The van der Waals surface area contributed by atoms with Crippen molar-refractivity contribution in [2.24, 2.45) is 0 Å². The van der Waals surface area contributed by atoms with Crippen LogP contribution in [-0.2, 0) is 19.9 Å². The van der Waals surface area contributed by atoms with Crippen molar-refractivity contribution in [1.29, 1.82) is 0 Å². The van der Waals surface area contributed by atoms with Gasteiger partial charge in [0.05, 0.1) is 26.9 Å². The Morgan fingerprint density at radius 1 is 0.796 bits per heavy atom. The molecule has 2 N–H and O–H groups in total. The van der Waals surface area contributed by atoms with Crippen molar-refractivity contribution < 1.29 is 28.8 Å². The lowest BCUT2D eigenvalue weighted by molar-refractivity contribution is -0.116. The molecule has 2 heterocycles. The number of carbonyl (C=O) groups is 1. The van der Waals surface area contributed by atoms with E-state index in [0.717, 1.165) is 36.0 Å². The maximum atomic E-state index is 13.1. The number of nitrogens with one attached hydrogen (secondary N) is 1. The average molecular weight is 740 g/mol. The van der Waals surface area contributed by atoms with Crippen LogP contribution in [0.1, 0.15) is 113 Å². The van der Waals surface area contributed by atoms with Crippen molar-refractivity contribution in [3.8, 4) is 11.5 Å². The first-order valence-electron chi connectivity index (χ1n) is 19.6. The zero-order chi connectivity index (χ0) is 38.2. The molecule has 1 aliphatic rings. The van der Waals surface area contributed by atoms with Gasteiger partial charge in [0.15, 0.2) is 0 Å². The van der Waals surface area contributed by atoms with Crippen LogP contribution in [0, 0.1) is 0 Å². The summed E-state index contributed by atoms with van der Waals surface area (Å²) in [4.78, 5) is 29.8. The van der Waals surface area contributed by atoms with Crippen LogP contribution in [-0.4, -0.2) is 53.6 Å². The van der Waals surface area contributed by atoms with Crippen molar-refractivity contribution in [2.45, 2.75) is 114 Å². The number of rotatable bonds is 22. The van der Waals surface area contributed by atoms with E-state index in [1.807, 2.05) is 78.9 Å². The Kier molecular flexibility index (Phi) is 15.7. The molecule has 1 fully saturated rings. The maximum absolute atomic E-state index is 13.1. The minimum Gasteiger partial charge on any atom is -0.497 e. The molecular weight excluding hydrogens is 682 g/mol. The molecule has 0 spiro atoms. The number of anilines is 1. The third-order valence-electron chi connectivity index (χ3n) is 10.3. The van der Waals surface area contributed by atoms with Gasteiger partial charge in [-0.25, -0.2) is 4.79 Å². The zero-order valence-electron chi connectivity index (χ0n) is 32.1. The molecule has 5 rings (SSSR count). The quantitative estimate of drug-likeness (QED) is 0.0608. The average Bonchev–Trinajstić information content (AvgIpc) is 3.57. The second-order valence-electron chi connectivity index (χ2n) is 14.1. The summed E-state index contributed by atoms with van der Waals surface area (Å²) in [5.41, 5.74) is 0.921. The molecule has 0 aliphatic carbocycles. The van der Waals surface area contributed by atoms with Gasteiger partial charge in [0.2, 0.25) is 5.91 Å². The van der Waals surface area contributed by atoms with E-state index in [-0.39, 0.29) is 24.8 Å². The van der Waals surface area contributed by atoms with Gasteiger partial charge in [-0.2, -0.15) is 4.98 Å². The van der Waals surface area contributed by atoms with E-state index in [1.54, 1.807) is 26.5 Å². The number of nitrogens with zero attached hydrogens (tertiary/aromatic N) is 2. The first-order chi connectivity index (χ1) is 26.4. The van der Waals surface area contributed by atoms with Gasteiger partial charge in [-0.05, 0) is 53.4 Å². The van der Waals surface area contributed by atoms with Crippen LogP contribution in [0.2, 0.25) is 0 Å². The number of aliphatic hydroxyl groups is 1. The van der Waals surface area contributed by atoms with E-state index < -0.39 is 29.7 Å². The molecule has 1 saturated heterocycles. The third kappa shape index (κ3) is 10.8. The highest BCUT2D eigenvalue weighted by molar-refractivity contribution is 5.89. The van der Waals surface area contributed by atoms with Gasteiger partial charge in [-0.3, -0.25) is 9.36 Å². The molecule has 3 atom stereocenters. The summed E-state index contributed by atoms with van der Waals surface area (Å²) < 4.78 is 25.5. The smallest absolute Gasteiger partial charge is 0.351 e. The summed E-state index contributed by atoms with van der Waals surface area (Å²) >= 11 is 0. The molecule has 0 saturated carbocycles. The summed E-state index contributed by atoms with van der Waals surface area (Å²) in [6.45, 7) is 2.25. The summed E-state index contributed by atoms with van der Waals surface area (Å²) in [6.07, 6.45) is 13.0. The highest BCUT2D eigenvalue weighted by Crippen LogP contribution is 2.42. The van der Waals surface area contributed by atoms with Gasteiger partial charge in [0.1, 0.15) is 35.2 Å². The van der Waals surface area contributed by atoms with Crippen molar-refractivity contribution in [2.75, 3.05) is 26.1 Å². The molecule has 1 aromatic heterocycles. The Morgan fingerprint density at radius 2 is 1.33 bits per heavy atom. The van der Waals surface area contributed by atoms with Crippen molar-refractivity contribution in [3.05, 3.63) is 118 Å². The molecule has 1 aliphatic heterocycles. The predicted octanol–water partition coefficient (Wildman–Crippen LogP) is 8.56. The van der Waals surface area contributed by atoms with Gasteiger partial charge < -0.3 is 29.4 Å². The number of hydrogen-bond acceptors (Lipinski definition) is 8. The summed E-state index contributed by atoms with van der Waals surface area (Å²) in [7, 11) is 3.25. The van der Waals surface area contributed by atoms with E-state index in [2.05, 4.69) is 17.2 Å². The normalized spacial score (nSPS) is 17.0. The van der Waals surface area contributed by atoms with Crippen LogP contribution < -0.4 is 20.5 Å². The lowest BCUT2D eigenvalue weighted by Crippen LogP contribution is -2.38. The second-order valence-corrected chi connectivity index (χ2v) is 14.1. The molecule has 4 aromatic rings. The topological polar surface area (TPSA) is 121 Å². The summed E-state index contributed by atoms with van der Waals surface area (Å²) in [5.74, 6) is 1.47. The van der Waals surface area contributed by atoms with Gasteiger partial charge in [0, 0.05) is 19.0 Å². The lowest BCUT2D eigenvalue weighted by Gasteiger charge is -2.37. The molecule has 1 amide bonds. The number of ether oxygens (including phenoxy) is 4. The maximum Gasteiger partial charge on any atom is 0.351 e. The Balaban J connectivity index is 1.20. The molecule has 290 valence electrons. The van der Waals surface area contributed by atoms with Crippen LogP contribution >= 0.6 is 0 Å². The Bertz CT molecular complexity index is 1710. The molecular formula is C44H57N3O7. The van der Waals surface area contributed by atoms with Crippen molar-refractivity contribution in [3.63, 3.8) is 0 Å². The van der Waals surface area contributed by atoms with E-state index >= 15 is 0 Å². The number of unbranched alkanes of at least 4 members (excludes halogenated alkanes) is 10. The Hall–Kier alpha value is -4.51. The summed E-state index contributed by atoms with van der Waals surface area (Å²) in [5, 5.41) is 14.0. The standard InChI is InChI=1S/C44H57N3O7/c1-4-5-6-7-8-9-10-11-12-13-17-20-41(49)45-40-29-30-47(43(50)46-40)42-31-38(48)39(54-42)32-53-44(33-18-15-14-16-19-33,34-21-25-36(51-2)26-22-34)35-23-27-37(52-3)28-24-35/h14-16,18-19,21-30,38-39,42,48H,4-13,17,20,31-32H2,1-3H3,(H,45,46,49,50)/t38-,39+,42+/m0/s1. The Labute approximate surface area is 319 Å². The van der Waals surface area contributed by atoms with Crippen LogP contribution in [0.4, 0.5) is 5.82 Å². The van der Waals surface area contributed by atoms with E-state index in [0.29, 0.717) is 17.9 Å². The lowest BCUT2D eigenvalue weighted by atomic mass is 9.80. The third-order valence-corrected chi connectivity index (χ3v) is 10.3. The molecule has 0 bridgehead atoms. The SMILES string of the molecule is CCCCCCCCCCCCCC(=O)Nc1ccn([C@H]2C[C@H](O)[C@@H](COC(c3ccccc3)(c3ccc(OC)cc3)c3ccc(OC)cc3)O2)c(=O)n1. The fraction of sp³-hybridized carbons (Fsp3) is 0.477. The summed E-state index contributed by atoms with van der Waals surface area (Å²) in [6, 6.07) is 26.9. The van der Waals surface area contributed by atoms with Crippen molar-refractivity contribution in [1.82, 2.24) is 9.55 Å². The minimum absolute atomic E-state index is 0.0139. The molecule has 10 nitrogen and oxygen atoms in total. The van der Waals surface area contributed by atoms with Gasteiger partial charge in [0.25, 0.3) is 0 Å². The van der Waals surface area contributed by atoms with Gasteiger partial charge in [-0.15, -0.1) is 0 Å². The molecule has 3 aromatic carbocycles. The van der Waals surface area contributed by atoms with E-state index in [1.165, 1.54) is 55.9 Å². The van der Waals surface area contributed by atoms with Crippen molar-refractivity contribution >= 4 is 11.7 Å². The number of aromatic nitrogens is 2. The number of amides is 1. The van der Waals surface area contributed by atoms with Crippen LogP contribution in [0.25, 0.3) is 0 Å². The molecule has 0 radical (unpaired) electrons. The van der Waals surface area contributed by atoms with E-state index in [9.17, 15) is 14.7 Å². The number of methoxy groups -OCH3 is 2. The van der Waals surface area contributed by atoms with Crippen LogP contribution in [0.15, 0.2) is 95.9 Å². The number of aliphatic hydroxyl groups excluding tert-OH is 1. The highest BCUT2D eigenvalue weighted by Gasteiger charge is 2.42. The number of hydrogen-bond donors (Lipinski definition) is 2. The Morgan fingerprint density at radius 3 is 1.87 bits per heavy atom. The second kappa shape index (κ2) is 20.8. The van der Waals surface area contributed by atoms with Gasteiger partial charge >= 0.3 is 5.69 Å². The van der Waals surface area contributed by atoms with Gasteiger partial charge in [-0.1, -0.05) is 126 Å². The number of carbonyl (C=O) groups excluding carboxylic acids is 1. The first kappa shape index (κ1) is 40.7. The first-order valence-corrected chi connectivity index (χ1v) is 19.6. The highest BCUT2D eigenvalue weighted by atomic mass is 16.6. The molecule has 54 heavy (non-hydrogen) atoms. The van der Waals surface area contributed by atoms with E-state index in [4.69, 9.17) is 18.9 Å². The minimum atomic E-state index is -1.09. The van der Waals surface area contributed by atoms with Crippen LogP contribution in [0.5, 0.6) is 11.5 Å². The van der Waals surface area contributed by atoms with Crippen LogP contribution in [0.3, 0.4) is 0 Å². The fourth-order valence-electron chi connectivity index (χ4n) is 7.17. The largest absolute Gasteiger partial charge is 0.497 e. The molecule has 10 heteroatoms. The fourth-order valence-corrected chi connectivity index (χ4v) is 7.17.